The molecule has 0 bridgehead atoms. The van der Waals surface area contributed by atoms with Gasteiger partial charge in [-0.25, -0.2) is 19.6 Å². The molecule has 0 atom stereocenters. The van der Waals surface area contributed by atoms with Crippen molar-refractivity contribution in [1.82, 2.24) is 34.3 Å². The summed E-state index contributed by atoms with van der Waals surface area (Å²) in [5, 5.41) is 4.40. The van der Waals surface area contributed by atoms with E-state index in [2.05, 4.69) is 36.5 Å². The molecule has 0 fully saturated rings. The molecule has 0 saturated heterocycles. The highest BCUT2D eigenvalue weighted by Crippen LogP contribution is 2.16. The second-order valence-corrected chi connectivity index (χ2v) is 5.72. The van der Waals surface area contributed by atoms with Gasteiger partial charge in [0.2, 0.25) is 0 Å². The molecule has 0 amide bonds. The lowest BCUT2D eigenvalue weighted by atomic mass is 10.2. The van der Waals surface area contributed by atoms with Crippen LogP contribution in [0.25, 0.3) is 11.5 Å². The van der Waals surface area contributed by atoms with Crippen LogP contribution < -0.4 is 0 Å². The molecule has 0 spiro atoms. The molecule has 3 rings (SSSR count). The Morgan fingerprint density at radius 2 is 2.04 bits per heavy atom. The molecule has 0 aliphatic rings. The molecule has 0 unspecified atom stereocenters. The van der Waals surface area contributed by atoms with E-state index in [0.29, 0.717) is 0 Å². The predicted molar refractivity (Wildman–Crippen MR) is 87.9 cm³/mol. The molecule has 0 aromatic carbocycles. The van der Waals surface area contributed by atoms with Gasteiger partial charge >= 0.3 is 0 Å². The average Bonchev–Trinajstić information content (AvgIpc) is 3.23. The van der Waals surface area contributed by atoms with Gasteiger partial charge < -0.3 is 9.55 Å². The highest BCUT2D eigenvalue weighted by molar-refractivity contribution is 5.48. The number of hydrogen-bond donors (Lipinski definition) is 1. The van der Waals surface area contributed by atoms with Gasteiger partial charge in [-0.1, -0.05) is 13.3 Å². The van der Waals surface area contributed by atoms with Gasteiger partial charge in [-0.2, -0.15) is 5.10 Å². The van der Waals surface area contributed by atoms with Crippen molar-refractivity contribution in [3.05, 3.63) is 36.1 Å². The molecule has 3 aromatic heterocycles. The van der Waals surface area contributed by atoms with Crippen LogP contribution in [-0.4, -0.2) is 34.3 Å². The molecule has 122 valence electrons. The zero-order valence-corrected chi connectivity index (χ0v) is 14.0. The minimum atomic E-state index is 0.771. The van der Waals surface area contributed by atoms with Gasteiger partial charge in [0.15, 0.2) is 5.82 Å². The van der Waals surface area contributed by atoms with Crippen LogP contribution in [-0.2, 0) is 19.5 Å². The summed E-state index contributed by atoms with van der Waals surface area (Å²) >= 11 is 0. The molecule has 7 nitrogen and oxygen atoms in total. The van der Waals surface area contributed by atoms with Crippen molar-refractivity contribution in [2.24, 2.45) is 0 Å². The lowest BCUT2D eigenvalue weighted by Crippen LogP contribution is -2.10. The summed E-state index contributed by atoms with van der Waals surface area (Å²) in [6.07, 6.45) is 8.97. The number of unbranched alkanes of at least 4 members (excludes halogenated alkanes) is 1. The summed E-state index contributed by atoms with van der Waals surface area (Å²) in [4.78, 5) is 16.6. The zero-order chi connectivity index (χ0) is 16.2. The van der Waals surface area contributed by atoms with Crippen LogP contribution in [0.3, 0.4) is 0 Å². The summed E-state index contributed by atoms with van der Waals surface area (Å²) in [5.74, 6) is 3.68. The molecule has 3 aromatic rings. The molecule has 23 heavy (non-hydrogen) atoms. The van der Waals surface area contributed by atoms with E-state index in [1.165, 1.54) is 6.42 Å². The van der Waals surface area contributed by atoms with Gasteiger partial charge in [-0.05, 0) is 20.3 Å². The topological polar surface area (TPSA) is 77.2 Å². The molecule has 0 radical (unpaired) electrons. The van der Waals surface area contributed by atoms with Crippen LogP contribution >= 0.6 is 0 Å². The average molecular weight is 313 g/mol. The van der Waals surface area contributed by atoms with Crippen LogP contribution in [0.5, 0.6) is 0 Å². The van der Waals surface area contributed by atoms with Crippen molar-refractivity contribution in [2.75, 3.05) is 0 Å². The van der Waals surface area contributed by atoms with Crippen LogP contribution in [0.2, 0.25) is 0 Å². The van der Waals surface area contributed by atoms with Crippen LogP contribution in [0.1, 0.15) is 37.2 Å². The second-order valence-electron chi connectivity index (χ2n) is 5.72. The number of nitrogens with one attached hydrogen (secondary N) is 1. The standard InChI is InChI=1S/C16H23N7/c1-4-5-6-15-18-11-14(20-15)16-17-7-8-22(16)9-10-23-13(3)19-12(2)21-23/h7-8,11H,4-6,9-10H2,1-3H3,(H,18,20). The fraction of sp³-hybridized carbons (Fsp3) is 0.500. The molecule has 7 heteroatoms. The number of aromatic nitrogens is 7. The first kappa shape index (κ1) is 15.5. The fourth-order valence-electron chi connectivity index (χ4n) is 2.66. The zero-order valence-electron chi connectivity index (χ0n) is 14.0. The molecule has 3 heterocycles. The summed E-state index contributed by atoms with van der Waals surface area (Å²) in [7, 11) is 0. The molecule has 0 aliphatic heterocycles. The van der Waals surface area contributed by atoms with E-state index < -0.39 is 0 Å². The van der Waals surface area contributed by atoms with E-state index in [4.69, 9.17) is 0 Å². The van der Waals surface area contributed by atoms with Crippen molar-refractivity contribution >= 4 is 0 Å². The smallest absolute Gasteiger partial charge is 0.158 e. The number of hydrogen-bond acceptors (Lipinski definition) is 4. The maximum atomic E-state index is 4.47. The Morgan fingerprint density at radius 1 is 1.17 bits per heavy atom. The SMILES string of the molecule is CCCCc1ncc(-c2nccn2CCn2nc(C)nc2C)[nH]1. The molecular formula is C16H23N7. The number of aryl methyl sites for hydroxylation is 5. The lowest BCUT2D eigenvalue weighted by molar-refractivity contribution is 0.521. The number of rotatable bonds is 7. The van der Waals surface area contributed by atoms with Gasteiger partial charge in [-0.15, -0.1) is 0 Å². The van der Waals surface area contributed by atoms with Gasteiger partial charge in [-0.3, -0.25) is 0 Å². The molecule has 0 aliphatic carbocycles. The first-order valence-electron chi connectivity index (χ1n) is 8.10. The van der Waals surface area contributed by atoms with Gasteiger partial charge in [0.25, 0.3) is 0 Å². The van der Waals surface area contributed by atoms with Crippen molar-refractivity contribution in [2.45, 2.75) is 53.1 Å². The van der Waals surface area contributed by atoms with Crippen molar-refractivity contribution < 1.29 is 0 Å². The summed E-state index contributed by atoms with van der Waals surface area (Å²) in [5.41, 5.74) is 0.965. The fourth-order valence-corrected chi connectivity index (χ4v) is 2.66. The largest absolute Gasteiger partial charge is 0.339 e. The predicted octanol–water partition coefficient (Wildman–Crippen LogP) is 2.52. The van der Waals surface area contributed by atoms with E-state index in [9.17, 15) is 0 Å². The third-order valence-corrected chi connectivity index (χ3v) is 3.87. The minimum Gasteiger partial charge on any atom is -0.339 e. The maximum absolute atomic E-state index is 4.47. The summed E-state index contributed by atoms with van der Waals surface area (Å²) in [6.45, 7) is 7.64. The normalized spacial score (nSPS) is 11.3. The summed E-state index contributed by atoms with van der Waals surface area (Å²) < 4.78 is 4.05. The van der Waals surface area contributed by atoms with Crippen LogP contribution in [0, 0.1) is 13.8 Å². The third-order valence-electron chi connectivity index (χ3n) is 3.87. The van der Waals surface area contributed by atoms with E-state index in [1.54, 1.807) is 0 Å². The Labute approximate surface area is 135 Å². The van der Waals surface area contributed by atoms with Gasteiger partial charge in [0.05, 0.1) is 12.7 Å². The highest BCUT2D eigenvalue weighted by Gasteiger charge is 2.10. The Balaban J connectivity index is 1.72. The van der Waals surface area contributed by atoms with E-state index >= 15 is 0 Å². The third kappa shape index (κ3) is 3.49. The number of H-pyrrole nitrogens is 1. The molecule has 1 N–H and O–H groups in total. The lowest BCUT2D eigenvalue weighted by Gasteiger charge is -2.07. The van der Waals surface area contributed by atoms with Gasteiger partial charge in [0, 0.05) is 25.4 Å². The Morgan fingerprint density at radius 3 is 2.78 bits per heavy atom. The van der Waals surface area contributed by atoms with Crippen molar-refractivity contribution in [3.8, 4) is 11.5 Å². The number of imidazole rings is 2. The van der Waals surface area contributed by atoms with Crippen LogP contribution in [0.15, 0.2) is 18.6 Å². The summed E-state index contributed by atoms with van der Waals surface area (Å²) in [6, 6.07) is 0. The monoisotopic (exact) mass is 313 g/mol. The van der Waals surface area contributed by atoms with Crippen molar-refractivity contribution in [3.63, 3.8) is 0 Å². The Kier molecular flexibility index (Phi) is 4.55. The van der Waals surface area contributed by atoms with E-state index in [0.717, 1.165) is 54.9 Å². The van der Waals surface area contributed by atoms with E-state index in [-0.39, 0.29) is 0 Å². The Hall–Kier alpha value is -2.44. The first-order chi connectivity index (χ1) is 11.2. The van der Waals surface area contributed by atoms with Crippen molar-refractivity contribution in [1.29, 1.82) is 0 Å². The second kappa shape index (κ2) is 6.76. The van der Waals surface area contributed by atoms with E-state index in [1.807, 2.05) is 37.1 Å². The molecular weight excluding hydrogens is 290 g/mol. The minimum absolute atomic E-state index is 0.771. The van der Waals surface area contributed by atoms with Crippen LogP contribution in [0.4, 0.5) is 0 Å². The Bertz CT molecular complexity index is 765. The first-order valence-corrected chi connectivity index (χ1v) is 8.10. The number of nitrogens with zero attached hydrogens (tertiary/aromatic N) is 6. The molecule has 0 saturated carbocycles. The highest BCUT2D eigenvalue weighted by atomic mass is 15.3. The van der Waals surface area contributed by atoms with Gasteiger partial charge in [0.1, 0.15) is 23.2 Å². The quantitative estimate of drug-likeness (QED) is 0.727. The maximum Gasteiger partial charge on any atom is 0.158 e. The number of aromatic amines is 1.